The topological polar surface area (TPSA) is 108 Å². The highest BCUT2D eigenvalue weighted by Crippen LogP contribution is 2.38. The van der Waals surface area contributed by atoms with E-state index in [-0.39, 0.29) is 18.9 Å². The molecule has 9 heteroatoms. The van der Waals surface area contributed by atoms with Crippen molar-refractivity contribution in [1.29, 1.82) is 0 Å². The first kappa shape index (κ1) is 61.6. The SMILES string of the molecule is CC/C=C\C/C=C\C/C=C\C/C=C\C/C=C\C/C=C\C/C=C\C/C=C\C/C=C\CCCCCC(=O)NC(COP(=O)([O-])OCC[N+](C)(C)C)C(O)/C=C/CC/C=C/CCCCCCCC. The van der Waals surface area contributed by atoms with Crippen LogP contribution >= 0.6 is 7.82 Å². The number of aliphatic hydroxyl groups is 1. The van der Waals surface area contributed by atoms with Gasteiger partial charge in [0.2, 0.25) is 5.91 Å². The van der Waals surface area contributed by atoms with Crippen molar-refractivity contribution in [2.24, 2.45) is 0 Å². The molecule has 0 radical (unpaired) electrons. The summed E-state index contributed by atoms with van der Waals surface area (Å²) in [5.74, 6) is -0.248. The first-order chi connectivity index (χ1) is 31.5. The molecule has 8 nitrogen and oxygen atoms in total. The molecular formula is C56H93N2O6P. The lowest BCUT2D eigenvalue weighted by Gasteiger charge is -2.29. The summed E-state index contributed by atoms with van der Waals surface area (Å²) >= 11 is 0. The summed E-state index contributed by atoms with van der Waals surface area (Å²) in [5.41, 5.74) is 0. The number of amides is 1. The van der Waals surface area contributed by atoms with Gasteiger partial charge in [-0.25, -0.2) is 0 Å². The summed E-state index contributed by atoms with van der Waals surface area (Å²) in [5, 5.41) is 13.7. The number of likely N-dealkylation sites (N-methyl/N-ethyl adjacent to an activating group) is 1. The summed E-state index contributed by atoms with van der Waals surface area (Å²) in [6, 6.07) is -0.930. The number of aliphatic hydroxyl groups excluding tert-OH is 1. The maximum absolute atomic E-state index is 12.9. The van der Waals surface area contributed by atoms with Crippen LogP contribution in [-0.2, 0) is 18.4 Å². The van der Waals surface area contributed by atoms with Crippen LogP contribution in [0.25, 0.3) is 0 Å². The number of nitrogens with one attached hydrogen (secondary N) is 1. The van der Waals surface area contributed by atoms with E-state index in [2.05, 4.69) is 141 Å². The lowest BCUT2D eigenvalue weighted by atomic mass is 10.1. The summed E-state index contributed by atoms with van der Waals surface area (Å²) in [7, 11) is 1.19. The Bertz CT molecular complexity index is 1510. The molecule has 3 atom stereocenters. The zero-order valence-corrected chi connectivity index (χ0v) is 42.5. The third kappa shape index (κ3) is 48.4. The number of quaternary nitrogens is 1. The van der Waals surface area contributed by atoms with Crippen molar-refractivity contribution in [2.75, 3.05) is 40.9 Å². The first-order valence-corrected chi connectivity index (χ1v) is 26.5. The van der Waals surface area contributed by atoms with Gasteiger partial charge in [-0.05, 0) is 103 Å². The molecular weight excluding hydrogens is 828 g/mol. The number of nitrogens with zero attached hydrogens (tertiary/aromatic N) is 1. The third-order valence-electron chi connectivity index (χ3n) is 10.1. The quantitative estimate of drug-likeness (QED) is 0.0273. The molecule has 3 unspecified atom stereocenters. The molecule has 1 amide bonds. The van der Waals surface area contributed by atoms with Crippen LogP contribution in [0, 0.1) is 0 Å². The Hall–Kier alpha value is -3.36. The molecule has 0 aliphatic rings. The van der Waals surface area contributed by atoms with E-state index >= 15 is 0 Å². The number of allylic oxidation sites excluding steroid dienone is 21. The molecule has 0 aromatic carbocycles. The van der Waals surface area contributed by atoms with Crippen LogP contribution in [0.15, 0.2) is 134 Å². The molecule has 0 aromatic heterocycles. The van der Waals surface area contributed by atoms with Crippen molar-refractivity contribution in [1.82, 2.24) is 5.32 Å². The number of phosphoric ester groups is 1. The van der Waals surface area contributed by atoms with Crippen LogP contribution in [0.2, 0.25) is 0 Å². The second kappa shape index (κ2) is 45.8. The highest BCUT2D eigenvalue weighted by atomic mass is 31.2. The fraction of sp³-hybridized carbons (Fsp3) is 0.589. The van der Waals surface area contributed by atoms with Gasteiger partial charge >= 0.3 is 0 Å². The lowest BCUT2D eigenvalue weighted by Crippen LogP contribution is -2.45. The molecule has 368 valence electrons. The number of phosphoric acid groups is 1. The molecule has 0 saturated heterocycles. The second-order valence-corrected chi connectivity index (χ2v) is 18.8. The summed E-state index contributed by atoms with van der Waals surface area (Å²) in [6.45, 7) is 4.43. The maximum atomic E-state index is 12.9. The van der Waals surface area contributed by atoms with Crippen molar-refractivity contribution in [3.63, 3.8) is 0 Å². The zero-order valence-electron chi connectivity index (χ0n) is 41.6. The molecule has 0 heterocycles. The van der Waals surface area contributed by atoms with Crippen molar-refractivity contribution in [2.45, 2.75) is 174 Å². The van der Waals surface area contributed by atoms with E-state index in [1.807, 2.05) is 27.2 Å². The van der Waals surface area contributed by atoms with Gasteiger partial charge in [0, 0.05) is 6.42 Å². The molecule has 0 aliphatic heterocycles. The normalized spacial score (nSPS) is 15.2. The highest BCUT2D eigenvalue weighted by Gasteiger charge is 2.23. The van der Waals surface area contributed by atoms with Crippen LogP contribution in [-0.4, -0.2) is 68.5 Å². The number of carbonyl (C=O) groups excluding carboxylic acids is 1. The second-order valence-electron chi connectivity index (χ2n) is 17.4. The number of carbonyl (C=O) groups is 1. The van der Waals surface area contributed by atoms with E-state index in [4.69, 9.17) is 9.05 Å². The van der Waals surface area contributed by atoms with Crippen molar-refractivity contribution in [3.05, 3.63) is 134 Å². The van der Waals surface area contributed by atoms with Gasteiger partial charge in [-0.3, -0.25) is 9.36 Å². The van der Waals surface area contributed by atoms with Gasteiger partial charge in [0.15, 0.2) is 0 Å². The van der Waals surface area contributed by atoms with Crippen molar-refractivity contribution < 1.29 is 32.9 Å². The average molecular weight is 921 g/mol. The van der Waals surface area contributed by atoms with Crippen LogP contribution in [0.1, 0.15) is 162 Å². The Labute approximate surface area is 398 Å². The molecule has 0 aliphatic carbocycles. The molecule has 0 saturated carbocycles. The Morgan fingerprint density at radius 3 is 1.43 bits per heavy atom. The lowest BCUT2D eigenvalue weighted by molar-refractivity contribution is -0.870. The zero-order chi connectivity index (χ0) is 47.8. The van der Waals surface area contributed by atoms with Gasteiger partial charge in [0.05, 0.1) is 39.9 Å². The molecule has 0 bridgehead atoms. The smallest absolute Gasteiger partial charge is 0.268 e. The van der Waals surface area contributed by atoms with Crippen molar-refractivity contribution in [3.8, 4) is 0 Å². The van der Waals surface area contributed by atoms with Gasteiger partial charge in [-0.2, -0.15) is 0 Å². The minimum Gasteiger partial charge on any atom is -0.756 e. The summed E-state index contributed by atoms with van der Waals surface area (Å²) in [4.78, 5) is 25.3. The van der Waals surface area contributed by atoms with Crippen LogP contribution < -0.4 is 10.2 Å². The third-order valence-corrected chi connectivity index (χ3v) is 11.1. The predicted molar refractivity (Wildman–Crippen MR) is 278 cm³/mol. The van der Waals surface area contributed by atoms with Gasteiger partial charge in [0.25, 0.3) is 7.82 Å². The van der Waals surface area contributed by atoms with Crippen LogP contribution in [0.3, 0.4) is 0 Å². The average Bonchev–Trinajstić information content (AvgIpc) is 3.26. The Morgan fingerprint density at radius 1 is 0.554 bits per heavy atom. The van der Waals surface area contributed by atoms with E-state index in [9.17, 15) is 19.4 Å². The molecule has 0 fully saturated rings. The predicted octanol–water partition coefficient (Wildman–Crippen LogP) is 14.2. The monoisotopic (exact) mass is 921 g/mol. The fourth-order valence-corrected chi connectivity index (χ4v) is 6.88. The van der Waals surface area contributed by atoms with Crippen molar-refractivity contribution >= 4 is 13.7 Å². The Morgan fingerprint density at radius 2 is 0.954 bits per heavy atom. The number of rotatable bonds is 43. The van der Waals surface area contributed by atoms with Crippen LogP contribution in [0.5, 0.6) is 0 Å². The van der Waals surface area contributed by atoms with Gasteiger partial charge in [0.1, 0.15) is 13.2 Å². The van der Waals surface area contributed by atoms with Gasteiger partial charge in [-0.1, -0.05) is 186 Å². The van der Waals surface area contributed by atoms with E-state index < -0.39 is 26.6 Å². The minimum atomic E-state index is -4.62. The first-order valence-electron chi connectivity index (χ1n) is 25.0. The highest BCUT2D eigenvalue weighted by molar-refractivity contribution is 7.45. The van der Waals surface area contributed by atoms with E-state index in [1.54, 1.807) is 6.08 Å². The number of hydrogen-bond donors (Lipinski definition) is 2. The van der Waals surface area contributed by atoms with E-state index in [0.717, 1.165) is 96.3 Å². The fourth-order valence-electron chi connectivity index (χ4n) is 6.16. The largest absolute Gasteiger partial charge is 0.756 e. The minimum absolute atomic E-state index is 0.0214. The summed E-state index contributed by atoms with van der Waals surface area (Å²) in [6.07, 6.45) is 69.5. The molecule has 65 heavy (non-hydrogen) atoms. The van der Waals surface area contributed by atoms with Gasteiger partial charge in [-0.15, -0.1) is 0 Å². The molecule has 0 rings (SSSR count). The Balaban J connectivity index is 4.37. The molecule has 0 spiro atoms. The summed E-state index contributed by atoms with van der Waals surface area (Å²) < 4.78 is 23.2. The molecule has 2 N–H and O–H groups in total. The number of unbranched alkanes of at least 4 members (excludes halogenated alkanes) is 10. The van der Waals surface area contributed by atoms with E-state index in [1.165, 1.54) is 38.5 Å². The van der Waals surface area contributed by atoms with Crippen LogP contribution in [0.4, 0.5) is 0 Å². The molecule has 0 aromatic rings. The standard InChI is InChI=1S/C56H93N2O6P/c1-6-8-10-12-14-16-18-20-21-22-23-24-25-26-27-28-29-30-31-32-33-34-35-36-37-38-40-42-44-46-48-50-56(60)57-54(53-64-65(61,62)63-52-51-58(3,4)5)55(59)49-47-45-43-41-39-19-17-15-13-11-9-7-2/h8,10,14,16,20-21,23-24,26-27,29-30,32-33,35-36,38-41,47,49,54-55,59H,6-7,9,11-13,15,17-19,22,25,28,31,34,37,42-46,48,50-53H2,1-5H3,(H-,57,60,61,62)/b10-8-,16-14-,21-20-,24-23-,27-26-,30-29-,33-32-,36-35-,40-38-,41-39+,49-47+. The van der Waals surface area contributed by atoms with Gasteiger partial charge < -0.3 is 28.8 Å². The number of hydrogen-bond acceptors (Lipinski definition) is 6. The Kier molecular flexibility index (Phi) is 43.4. The maximum Gasteiger partial charge on any atom is 0.268 e. The van der Waals surface area contributed by atoms with E-state index in [0.29, 0.717) is 17.4 Å².